The fourth-order valence-corrected chi connectivity index (χ4v) is 4.74. The molecule has 8 heteroatoms. The number of anilines is 1. The van der Waals surface area contributed by atoms with Gasteiger partial charge in [0.05, 0.1) is 12.0 Å². The molecule has 1 N–H and O–H groups in total. The van der Waals surface area contributed by atoms with Gasteiger partial charge >= 0.3 is 0 Å². The third-order valence-corrected chi connectivity index (χ3v) is 6.68. The summed E-state index contributed by atoms with van der Waals surface area (Å²) in [5.74, 6) is 0.673. The van der Waals surface area contributed by atoms with Crippen molar-refractivity contribution in [1.29, 1.82) is 0 Å². The highest BCUT2D eigenvalue weighted by atomic mass is 32.2. The molecule has 0 saturated carbocycles. The first-order chi connectivity index (χ1) is 14.0. The monoisotopic (exact) mass is 418 g/mol. The van der Waals surface area contributed by atoms with Crippen molar-refractivity contribution in [3.8, 4) is 11.5 Å². The smallest absolute Gasteiger partial charge is 0.262 e. The number of carbonyl (C=O) groups excluding carboxylic acids is 1. The van der Waals surface area contributed by atoms with Crippen LogP contribution in [0.2, 0.25) is 0 Å². The molecule has 1 fully saturated rings. The van der Waals surface area contributed by atoms with Crippen LogP contribution in [0, 0.1) is 0 Å². The van der Waals surface area contributed by atoms with Crippen LogP contribution in [0.3, 0.4) is 0 Å². The summed E-state index contributed by atoms with van der Waals surface area (Å²) in [4.78, 5) is 12.4. The standard InChI is InChI=1S/C21H26N2O5S/c1-27-19-8-4-5-9-20(19)28-16-21(24)22-17-10-12-18(13-11-17)29(25,26)23-14-6-2-3-7-15-23/h4-5,8-13H,2-3,6-7,14-16H2,1H3,(H,22,24). The van der Waals surface area contributed by atoms with Crippen molar-refractivity contribution >= 4 is 21.6 Å². The van der Waals surface area contributed by atoms with Crippen molar-refractivity contribution in [3.05, 3.63) is 48.5 Å². The van der Waals surface area contributed by atoms with Gasteiger partial charge in [-0.25, -0.2) is 8.42 Å². The van der Waals surface area contributed by atoms with Gasteiger partial charge in [-0.1, -0.05) is 25.0 Å². The lowest BCUT2D eigenvalue weighted by Gasteiger charge is -2.20. The number of nitrogens with one attached hydrogen (secondary N) is 1. The van der Waals surface area contributed by atoms with Gasteiger partial charge < -0.3 is 14.8 Å². The predicted octanol–water partition coefficient (Wildman–Crippen LogP) is 3.28. The lowest BCUT2D eigenvalue weighted by molar-refractivity contribution is -0.118. The third-order valence-electron chi connectivity index (χ3n) is 4.77. The molecule has 1 saturated heterocycles. The highest BCUT2D eigenvalue weighted by Gasteiger charge is 2.25. The number of para-hydroxylation sites is 2. The Hall–Kier alpha value is -2.58. The summed E-state index contributed by atoms with van der Waals surface area (Å²) in [5.41, 5.74) is 0.508. The predicted molar refractivity (Wildman–Crippen MR) is 111 cm³/mol. The molecule has 0 unspecified atom stereocenters. The minimum atomic E-state index is -3.50. The Kier molecular flexibility index (Phi) is 7.11. The minimum Gasteiger partial charge on any atom is -0.493 e. The van der Waals surface area contributed by atoms with E-state index in [1.807, 2.05) is 6.07 Å². The van der Waals surface area contributed by atoms with E-state index in [1.54, 1.807) is 34.6 Å². The summed E-state index contributed by atoms with van der Waals surface area (Å²) in [6.45, 7) is 0.927. The SMILES string of the molecule is COc1ccccc1OCC(=O)Nc1ccc(S(=O)(=O)N2CCCCCC2)cc1. The number of ether oxygens (including phenoxy) is 2. The molecule has 0 radical (unpaired) electrons. The number of nitrogens with zero attached hydrogens (tertiary/aromatic N) is 1. The van der Waals surface area contributed by atoms with Gasteiger partial charge in [0.2, 0.25) is 10.0 Å². The lowest BCUT2D eigenvalue weighted by atomic mass is 10.2. The van der Waals surface area contributed by atoms with Crippen molar-refractivity contribution in [2.75, 3.05) is 32.1 Å². The van der Waals surface area contributed by atoms with Gasteiger partial charge in [0, 0.05) is 18.8 Å². The second-order valence-corrected chi connectivity index (χ2v) is 8.77. The lowest BCUT2D eigenvalue weighted by Crippen LogP contribution is -2.31. The minimum absolute atomic E-state index is 0.186. The summed E-state index contributed by atoms with van der Waals surface area (Å²) in [5, 5.41) is 2.70. The molecule has 29 heavy (non-hydrogen) atoms. The van der Waals surface area contributed by atoms with Crippen LogP contribution in [-0.4, -0.2) is 45.4 Å². The molecule has 156 valence electrons. The van der Waals surface area contributed by atoms with E-state index in [9.17, 15) is 13.2 Å². The third kappa shape index (κ3) is 5.48. The van der Waals surface area contributed by atoms with Crippen LogP contribution in [0.1, 0.15) is 25.7 Å². The van der Waals surface area contributed by atoms with E-state index in [0.29, 0.717) is 30.3 Å². The molecule has 0 atom stereocenters. The molecule has 2 aromatic rings. The Bertz CT molecular complexity index is 920. The second kappa shape index (κ2) is 9.76. The normalized spacial score (nSPS) is 15.3. The van der Waals surface area contributed by atoms with E-state index < -0.39 is 10.0 Å². The van der Waals surface area contributed by atoms with Gasteiger partial charge in [0.1, 0.15) is 0 Å². The molecule has 0 bridgehead atoms. The van der Waals surface area contributed by atoms with Crippen LogP contribution < -0.4 is 14.8 Å². The Balaban J connectivity index is 1.59. The van der Waals surface area contributed by atoms with Gasteiger partial charge in [-0.15, -0.1) is 0 Å². The largest absolute Gasteiger partial charge is 0.493 e. The van der Waals surface area contributed by atoms with Crippen molar-refractivity contribution in [3.63, 3.8) is 0 Å². The number of sulfonamides is 1. The Morgan fingerprint density at radius 1 is 0.966 bits per heavy atom. The van der Waals surface area contributed by atoms with Crippen molar-refractivity contribution < 1.29 is 22.7 Å². The number of carbonyl (C=O) groups is 1. The number of rotatable bonds is 7. The zero-order valence-corrected chi connectivity index (χ0v) is 17.3. The van der Waals surface area contributed by atoms with E-state index in [1.165, 1.54) is 19.2 Å². The molecule has 2 aromatic carbocycles. The molecule has 7 nitrogen and oxygen atoms in total. The average molecular weight is 419 g/mol. The molecule has 1 aliphatic rings. The highest BCUT2D eigenvalue weighted by Crippen LogP contribution is 2.26. The zero-order chi connectivity index (χ0) is 20.7. The van der Waals surface area contributed by atoms with Crippen LogP contribution in [-0.2, 0) is 14.8 Å². The molecule has 0 aromatic heterocycles. The summed E-state index contributed by atoms with van der Waals surface area (Å²) < 4.78 is 37.8. The summed E-state index contributed by atoms with van der Waals surface area (Å²) in [6, 6.07) is 13.3. The Morgan fingerprint density at radius 3 is 2.21 bits per heavy atom. The van der Waals surface area contributed by atoms with Crippen molar-refractivity contribution in [2.24, 2.45) is 0 Å². The average Bonchev–Trinajstić information content (AvgIpc) is 3.03. The van der Waals surface area contributed by atoms with E-state index in [2.05, 4.69) is 5.32 Å². The van der Waals surface area contributed by atoms with Crippen LogP contribution in [0.15, 0.2) is 53.4 Å². The van der Waals surface area contributed by atoms with E-state index in [4.69, 9.17) is 9.47 Å². The summed E-state index contributed by atoms with van der Waals surface area (Å²) in [6.07, 6.45) is 3.90. The highest BCUT2D eigenvalue weighted by molar-refractivity contribution is 7.89. The number of hydrogen-bond acceptors (Lipinski definition) is 5. The molecule has 0 aliphatic carbocycles. The van der Waals surface area contributed by atoms with Crippen LogP contribution in [0.4, 0.5) is 5.69 Å². The number of amides is 1. The van der Waals surface area contributed by atoms with Crippen LogP contribution in [0.25, 0.3) is 0 Å². The summed E-state index contributed by atoms with van der Waals surface area (Å²) in [7, 11) is -1.97. The maximum absolute atomic E-state index is 12.8. The topological polar surface area (TPSA) is 84.9 Å². The van der Waals surface area contributed by atoms with E-state index in [0.717, 1.165) is 25.7 Å². The van der Waals surface area contributed by atoms with Gasteiger partial charge in [-0.05, 0) is 49.2 Å². The van der Waals surface area contributed by atoms with Crippen molar-refractivity contribution in [1.82, 2.24) is 4.31 Å². The first-order valence-electron chi connectivity index (χ1n) is 9.66. The Labute approximate surface area is 171 Å². The number of benzene rings is 2. The van der Waals surface area contributed by atoms with Crippen LogP contribution >= 0.6 is 0 Å². The zero-order valence-electron chi connectivity index (χ0n) is 16.5. The van der Waals surface area contributed by atoms with Gasteiger partial charge in [0.25, 0.3) is 5.91 Å². The summed E-state index contributed by atoms with van der Waals surface area (Å²) >= 11 is 0. The van der Waals surface area contributed by atoms with Crippen molar-refractivity contribution in [2.45, 2.75) is 30.6 Å². The first-order valence-corrected chi connectivity index (χ1v) is 11.1. The molecular weight excluding hydrogens is 392 g/mol. The number of methoxy groups -OCH3 is 1. The van der Waals surface area contributed by atoms with E-state index >= 15 is 0 Å². The van der Waals surface area contributed by atoms with Gasteiger partial charge in [-0.2, -0.15) is 4.31 Å². The maximum atomic E-state index is 12.8. The van der Waals surface area contributed by atoms with E-state index in [-0.39, 0.29) is 17.4 Å². The fourth-order valence-electron chi connectivity index (χ4n) is 3.22. The molecule has 0 spiro atoms. The molecule has 1 amide bonds. The first kappa shape index (κ1) is 21.1. The number of hydrogen-bond donors (Lipinski definition) is 1. The molecular formula is C21H26N2O5S. The molecule has 1 aliphatic heterocycles. The Morgan fingerprint density at radius 2 is 1.59 bits per heavy atom. The molecule has 3 rings (SSSR count). The van der Waals surface area contributed by atoms with Gasteiger partial charge in [0.15, 0.2) is 18.1 Å². The molecule has 1 heterocycles. The quantitative estimate of drug-likeness (QED) is 0.746. The van der Waals surface area contributed by atoms with Crippen LogP contribution in [0.5, 0.6) is 11.5 Å². The second-order valence-electron chi connectivity index (χ2n) is 6.83. The van der Waals surface area contributed by atoms with Gasteiger partial charge in [-0.3, -0.25) is 4.79 Å². The maximum Gasteiger partial charge on any atom is 0.262 e. The fraction of sp³-hybridized carbons (Fsp3) is 0.381.